The molecule has 0 bridgehead atoms. The topological polar surface area (TPSA) is 66.4 Å². The predicted octanol–water partition coefficient (Wildman–Crippen LogP) is 1.16. The van der Waals surface area contributed by atoms with Gasteiger partial charge in [0, 0.05) is 12.5 Å². The molecule has 1 amide bonds. The van der Waals surface area contributed by atoms with Crippen molar-refractivity contribution in [2.24, 2.45) is 11.8 Å². The SMILES string of the molecule is O=C(O)[C@@H]1C[C@H]1C(=O)NC[C@H]1Cc2ccccc21. The van der Waals surface area contributed by atoms with Gasteiger partial charge in [-0.15, -0.1) is 0 Å². The summed E-state index contributed by atoms with van der Waals surface area (Å²) < 4.78 is 0. The van der Waals surface area contributed by atoms with Crippen molar-refractivity contribution in [3.05, 3.63) is 35.4 Å². The van der Waals surface area contributed by atoms with Gasteiger partial charge < -0.3 is 10.4 Å². The number of benzene rings is 1. The van der Waals surface area contributed by atoms with Gasteiger partial charge in [-0.2, -0.15) is 0 Å². The lowest BCUT2D eigenvalue weighted by Crippen LogP contribution is -2.34. The number of aliphatic carboxylic acids is 1. The van der Waals surface area contributed by atoms with E-state index in [9.17, 15) is 9.59 Å². The molecule has 2 aliphatic carbocycles. The molecule has 2 N–H and O–H groups in total. The highest BCUT2D eigenvalue weighted by atomic mass is 16.4. The van der Waals surface area contributed by atoms with Gasteiger partial charge in [-0.3, -0.25) is 9.59 Å². The lowest BCUT2D eigenvalue weighted by molar-refractivity contribution is -0.140. The van der Waals surface area contributed by atoms with Crippen LogP contribution in [0.4, 0.5) is 0 Å². The van der Waals surface area contributed by atoms with Gasteiger partial charge in [0.25, 0.3) is 0 Å². The molecule has 0 unspecified atom stereocenters. The number of hydrogen-bond donors (Lipinski definition) is 2. The Morgan fingerprint density at radius 3 is 2.72 bits per heavy atom. The fourth-order valence-electron chi connectivity index (χ4n) is 2.66. The highest BCUT2D eigenvalue weighted by molar-refractivity contribution is 5.89. The van der Waals surface area contributed by atoms with Crippen molar-refractivity contribution >= 4 is 11.9 Å². The molecular formula is C14H15NO3. The summed E-state index contributed by atoms with van der Waals surface area (Å²) in [5, 5.41) is 11.6. The molecule has 1 aromatic carbocycles. The second-order valence-electron chi connectivity index (χ2n) is 5.13. The van der Waals surface area contributed by atoms with Gasteiger partial charge >= 0.3 is 5.97 Å². The molecule has 3 atom stereocenters. The van der Waals surface area contributed by atoms with Gasteiger partial charge in [-0.05, 0) is 24.0 Å². The molecule has 0 spiro atoms. The highest BCUT2D eigenvalue weighted by Crippen LogP contribution is 2.39. The average molecular weight is 245 g/mol. The van der Waals surface area contributed by atoms with Crippen molar-refractivity contribution in [1.82, 2.24) is 5.32 Å². The third-order valence-corrected chi connectivity index (χ3v) is 3.93. The average Bonchev–Trinajstić information content (AvgIpc) is 3.10. The van der Waals surface area contributed by atoms with Crippen LogP contribution in [0.2, 0.25) is 0 Å². The monoisotopic (exact) mass is 245 g/mol. The first-order valence-corrected chi connectivity index (χ1v) is 6.25. The first-order chi connectivity index (χ1) is 8.66. The number of amides is 1. The summed E-state index contributed by atoms with van der Waals surface area (Å²) >= 11 is 0. The lowest BCUT2D eigenvalue weighted by Gasteiger charge is -2.30. The van der Waals surface area contributed by atoms with Gasteiger partial charge in [0.15, 0.2) is 0 Å². The Morgan fingerprint density at radius 1 is 1.28 bits per heavy atom. The van der Waals surface area contributed by atoms with Crippen LogP contribution in [0.5, 0.6) is 0 Å². The number of rotatable bonds is 4. The van der Waals surface area contributed by atoms with Crippen molar-refractivity contribution in [2.45, 2.75) is 18.8 Å². The van der Waals surface area contributed by atoms with Crippen LogP contribution in [0.15, 0.2) is 24.3 Å². The first-order valence-electron chi connectivity index (χ1n) is 6.25. The summed E-state index contributed by atoms with van der Waals surface area (Å²) in [6.07, 6.45) is 1.49. The van der Waals surface area contributed by atoms with Crippen LogP contribution >= 0.6 is 0 Å². The Labute approximate surface area is 105 Å². The normalized spacial score (nSPS) is 27.9. The molecule has 2 aliphatic rings. The molecule has 4 heteroatoms. The minimum atomic E-state index is -0.857. The molecule has 0 aromatic heterocycles. The van der Waals surface area contributed by atoms with Crippen molar-refractivity contribution in [1.29, 1.82) is 0 Å². The molecule has 1 saturated carbocycles. The summed E-state index contributed by atoms with van der Waals surface area (Å²) in [6, 6.07) is 8.23. The minimum Gasteiger partial charge on any atom is -0.481 e. The standard InChI is InChI=1S/C14H15NO3/c16-13(11-6-12(11)14(17)18)15-7-9-5-8-3-1-2-4-10(8)9/h1-4,9,11-12H,5-7H2,(H,15,16)(H,17,18)/t9-,11-,12-/m1/s1. The maximum atomic E-state index is 11.7. The minimum absolute atomic E-state index is 0.105. The largest absolute Gasteiger partial charge is 0.481 e. The molecule has 18 heavy (non-hydrogen) atoms. The molecule has 4 nitrogen and oxygen atoms in total. The molecule has 3 rings (SSSR count). The maximum absolute atomic E-state index is 11.7. The van der Waals surface area contributed by atoms with Gasteiger partial charge in [0.1, 0.15) is 0 Å². The number of nitrogens with one attached hydrogen (secondary N) is 1. The fourth-order valence-corrected chi connectivity index (χ4v) is 2.66. The Balaban J connectivity index is 1.50. The number of carboxylic acids is 1. The van der Waals surface area contributed by atoms with Crippen LogP contribution in [-0.2, 0) is 16.0 Å². The van der Waals surface area contributed by atoms with E-state index in [4.69, 9.17) is 5.11 Å². The van der Waals surface area contributed by atoms with E-state index in [1.807, 2.05) is 12.1 Å². The fraction of sp³-hybridized carbons (Fsp3) is 0.429. The zero-order valence-electron chi connectivity index (χ0n) is 9.93. The smallest absolute Gasteiger partial charge is 0.307 e. The maximum Gasteiger partial charge on any atom is 0.307 e. The number of carbonyl (C=O) groups excluding carboxylic acids is 1. The van der Waals surface area contributed by atoms with Gasteiger partial charge in [0.05, 0.1) is 11.8 Å². The van der Waals surface area contributed by atoms with Gasteiger partial charge in [0.2, 0.25) is 5.91 Å². The summed E-state index contributed by atoms with van der Waals surface area (Å²) in [5.74, 6) is -1.33. The van der Waals surface area contributed by atoms with E-state index < -0.39 is 11.9 Å². The molecule has 0 saturated heterocycles. The van der Waals surface area contributed by atoms with E-state index in [1.165, 1.54) is 11.1 Å². The van der Waals surface area contributed by atoms with E-state index >= 15 is 0 Å². The first kappa shape index (κ1) is 11.3. The second kappa shape index (κ2) is 4.12. The zero-order valence-corrected chi connectivity index (χ0v) is 9.93. The van der Waals surface area contributed by atoms with E-state index in [0.29, 0.717) is 18.9 Å². The molecule has 94 valence electrons. The van der Waals surface area contributed by atoms with Crippen LogP contribution in [0.3, 0.4) is 0 Å². The quantitative estimate of drug-likeness (QED) is 0.836. The Hall–Kier alpha value is -1.84. The molecule has 0 heterocycles. The Morgan fingerprint density at radius 2 is 2.06 bits per heavy atom. The molecule has 0 radical (unpaired) electrons. The van der Waals surface area contributed by atoms with Crippen LogP contribution in [-0.4, -0.2) is 23.5 Å². The summed E-state index contributed by atoms with van der Waals surface area (Å²) in [4.78, 5) is 22.4. The van der Waals surface area contributed by atoms with Crippen molar-refractivity contribution in [2.75, 3.05) is 6.54 Å². The van der Waals surface area contributed by atoms with E-state index in [0.717, 1.165) is 6.42 Å². The molecule has 1 fully saturated rings. The number of carboxylic acid groups (broad SMARTS) is 1. The second-order valence-corrected chi connectivity index (χ2v) is 5.13. The van der Waals surface area contributed by atoms with E-state index in [2.05, 4.69) is 17.4 Å². The van der Waals surface area contributed by atoms with E-state index in [1.54, 1.807) is 0 Å². The van der Waals surface area contributed by atoms with Crippen molar-refractivity contribution < 1.29 is 14.7 Å². The lowest BCUT2D eigenvalue weighted by atomic mass is 9.77. The van der Waals surface area contributed by atoms with E-state index in [-0.39, 0.29) is 11.8 Å². The van der Waals surface area contributed by atoms with Crippen molar-refractivity contribution in [3.63, 3.8) is 0 Å². The summed E-state index contributed by atoms with van der Waals surface area (Å²) in [7, 11) is 0. The zero-order chi connectivity index (χ0) is 12.7. The summed E-state index contributed by atoms with van der Waals surface area (Å²) in [5.41, 5.74) is 2.66. The number of carbonyl (C=O) groups is 2. The van der Waals surface area contributed by atoms with Gasteiger partial charge in [-0.1, -0.05) is 24.3 Å². The van der Waals surface area contributed by atoms with Crippen molar-refractivity contribution in [3.8, 4) is 0 Å². The van der Waals surface area contributed by atoms with Crippen LogP contribution in [0, 0.1) is 11.8 Å². The Bertz CT molecular complexity index is 512. The third-order valence-electron chi connectivity index (χ3n) is 3.93. The Kier molecular flexibility index (Phi) is 2.58. The summed E-state index contributed by atoms with van der Waals surface area (Å²) in [6.45, 7) is 0.624. The van der Waals surface area contributed by atoms with Crippen LogP contribution in [0.1, 0.15) is 23.5 Å². The molecule has 1 aromatic rings. The molecule has 0 aliphatic heterocycles. The number of fused-ring (bicyclic) bond motifs is 1. The molecular weight excluding hydrogens is 230 g/mol. The predicted molar refractivity (Wildman–Crippen MR) is 65.1 cm³/mol. The van der Waals surface area contributed by atoms with Crippen LogP contribution < -0.4 is 5.32 Å². The van der Waals surface area contributed by atoms with Crippen LogP contribution in [0.25, 0.3) is 0 Å². The highest BCUT2D eigenvalue weighted by Gasteiger charge is 2.48. The third kappa shape index (κ3) is 1.88. The van der Waals surface area contributed by atoms with Gasteiger partial charge in [-0.25, -0.2) is 0 Å². The number of hydrogen-bond acceptors (Lipinski definition) is 2.